The van der Waals surface area contributed by atoms with Gasteiger partial charge in [0.2, 0.25) is 0 Å². The molecular formula is C13H16N2O2. The topological polar surface area (TPSA) is 58.2 Å². The van der Waals surface area contributed by atoms with E-state index >= 15 is 0 Å². The van der Waals surface area contributed by atoms with E-state index in [1.165, 1.54) is 6.08 Å². The molecule has 17 heavy (non-hydrogen) atoms. The Morgan fingerprint density at radius 2 is 1.94 bits per heavy atom. The first kappa shape index (κ1) is 13.0. The van der Waals surface area contributed by atoms with Crippen LogP contribution in [-0.2, 0) is 9.59 Å². The zero-order valence-electron chi connectivity index (χ0n) is 9.77. The monoisotopic (exact) mass is 232 g/mol. The van der Waals surface area contributed by atoms with Crippen molar-refractivity contribution in [3.8, 4) is 0 Å². The van der Waals surface area contributed by atoms with E-state index in [1.807, 2.05) is 37.3 Å². The van der Waals surface area contributed by atoms with Crippen molar-refractivity contribution in [2.45, 2.75) is 13.0 Å². The molecule has 1 aromatic rings. The summed E-state index contributed by atoms with van der Waals surface area (Å²) in [6, 6.07) is 9.26. The predicted octanol–water partition coefficient (Wildman–Crippen LogP) is 1.17. The minimum absolute atomic E-state index is 0.196. The summed E-state index contributed by atoms with van der Waals surface area (Å²) < 4.78 is 0. The van der Waals surface area contributed by atoms with Crippen LogP contribution >= 0.6 is 0 Å². The number of nitrogens with one attached hydrogen (secondary N) is 2. The highest BCUT2D eigenvalue weighted by Gasteiger charge is 2.15. The third-order valence-corrected chi connectivity index (χ3v) is 2.26. The molecule has 2 amide bonds. The maximum absolute atomic E-state index is 11.5. The van der Waals surface area contributed by atoms with Crippen molar-refractivity contribution in [2.75, 3.05) is 6.54 Å². The summed E-state index contributed by atoms with van der Waals surface area (Å²) in [6.07, 6.45) is 1.52. The normalized spacial score (nSPS) is 11.4. The lowest BCUT2D eigenvalue weighted by atomic mass is 10.1. The molecule has 0 aliphatic heterocycles. The fraction of sp³-hybridized carbons (Fsp3) is 0.231. The molecule has 0 saturated carbocycles. The first-order valence-corrected chi connectivity index (χ1v) is 5.39. The molecule has 0 heterocycles. The summed E-state index contributed by atoms with van der Waals surface area (Å²) in [4.78, 5) is 22.8. The van der Waals surface area contributed by atoms with Crippen molar-refractivity contribution in [3.63, 3.8) is 0 Å². The van der Waals surface area contributed by atoms with Crippen LogP contribution in [0.3, 0.4) is 0 Å². The Balaban J connectivity index is 2.51. The second-order valence-electron chi connectivity index (χ2n) is 3.60. The highest BCUT2D eigenvalue weighted by molar-refractivity contribution is 6.35. The van der Waals surface area contributed by atoms with Gasteiger partial charge in [-0.05, 0) is 12.5 Å². The zero-order chi connectivity index (χ0) is 12.7. The molecule has 0 fully saturated rings. The van der Waals surface area contributed by atoms with Crippen molar-refractivity contribution in [2.24, 2.45) is 0 Å². The van der Waals surface area contributed by atoms with Crippen LogP contribution in [0, 0.1) is 0 Å². The van der Waals surface area contributed by atoms with Crippen LogP contribution in [0.15, 0.2) is 43.0 Å². The van der Waals surface area contributed by atoms with Crippen molar-refractivity contribution in [1.82, 2.24) is 10.6 Å². The van der Waals surface area contributed by atoms with Crippen LogP contribution in [0.4, 0.5) is 0 Å². The van der Waals surface area contributed by atoms with E-state index in [0.717, 1.165) is 5.56 Å². The number of hydrogen-bond acceptors (Lipinski definition) is 2. The lowest BCUT2D eigenvalue weighted by Gasteiger charge is -2.13. The molecule has 0 unspecified atom stereocenters. The smallest absolute Gasteiger partial charge is 0.309 e. The number of benzene rings is 1. The first-order chi connectivity index (χ1) is 8.15. The highest BCUT2D eigenvalue weighted by Crippen LogP contribution is 2.10. The van der Waals surface area contributed by atoms with Gasteiger partial charge in [0.1, 0.15) is 0 Å². The van der Waals surface area contributed by atoms with Crippen LogP contribution in [-0.4, -0.2) is 18.4 Å². The third kappa shape index (κ3) is 4.10. The van der Waals surface area contributed by atoms with Gasteiger partial charge in [0.05, 0.1) is 6.04 Å². The maximum Gasteiger partial charge on any atom is 0.309 e. The van der Waals surface area contributed by atoms with Crippen LogP contribution in [0.25, 0.3) is 0 Å². The summed E-state index contributed by atoms with van der Waals surface area (Å²) in [7, 11) is 0. The second kappa shape index (κ2) is 6.48. The van der Waals surface area contributed by atoms with Gasteiger partial charge in [0.15, 0.2) is 0 Å². The summed E-state index contributed by atoms with van der Waals surface area (Å²) in [5, 5.41) is 5.04. The molecule has 1 aromatic carbocycles. The minimum atomic E-state index is -0.646. The molecule has 0 bridgehead atoms. The van der Waals surface area contributed by atoms with Gasteiger partial charge in [-0.3, -0.25) is 9.59 Å². The van der Waals surface area contributed by atoms with E-state index in [1.54, 1.807) is 0 Å². The molecule has 0 aliphatic rings. The Morgan fingerprint density at radius 3 is 2.53 bits per heavy atom. The molecule has 1 atom stereocenters. The maximum atomic E-state index is 11.5. The van der Waals surface area contributed by atoms with Crippen molar-refractivity contribution in [3.05, 3.63) is 48.6 Å². The van der Waals surface area contributed by atoms with Crippen LogP contribution in [0.1, 0.15) is 18.5 Å². The molecule has 0 aliphatic carbocycles. The Bertz CT molecular complexity index is 401. The quantitative estimate of drug-likeness (QED) is 0.604. The molecule has 0 aromatic heterocycles. The second-order valence-corrected chi connectivity index (χ2v) is 3.60. The molecule has 4 nitrogen and oxygen atoms in total. The van der Waals surface area contributed by atoms with E-state index in [2.05, 4.69) is 17.2 Å². The molecule has 90 valence electrons. The lowest BCUT2D eigenvalue weighted by molar-refractivity contribution is -0.139. The first-order valence-electron chi connectivity index (χ1n) is 5.39. The minimum Gasteiger partial charge on any atom is -0.344 e. The number of rotatable bonds is 4. The Labute approximate surface area is 101 Å². The van der Waals surface area contributed by atoms with Gasteiger partial charge in [-0.15, -0.1) is 6.58 Å². The van der Waals surface area contributed by atoms with Crippen LogP contribution in [0.2, 0.25) is 0 Å². The van der Waals surface area contributed by atoms with Crippen LogP contribution in [0.5, 0.6) is 0 Å². The Kier molecular flexibility index (Phi) is 4.94. The van der Waals surface area contributed by atoms with E-state index in [-0.39, 0.29) is 12.6 Å². The highest BCUT2D eigenvalue weighted by atomic mass is 16.2. The van der Waals surface area contributed by atoms with Gasteiger partial charge in [0.25, 0.3) is 0 Å². The van der Waals surface area contributed by atoms with Gasteiger partial charge in [-0.1, -0.05) is 36.4 Å². The van der Waals surface area contributed by atoms with Gasteiger partial charge in [0, 0.05) is 6.54 Å². The average Bonchev–Trinajstić information content (AvgIpc) is 2.36. The van der Waals surface area contributed by atoms with Crippen molar-refractivity contribution < 1.29 is 9.59 Å². The fourth-order valence-corrected chi connectivity index (χ4v) is 1.33. The largest absolute Gasteiger partial charge is 0.344 e. The molecular weight excluding hydrogens is 216 g/mol. The van der Waals surface area contributed by atoms with Gasteiger partial charge in [-0.25, -0.2) is 0 Å². The van der Waals surface area contributed by atoms with Crippen molar-refractivity contribution >= 4 is 11.8 Å². The summed E-state index contributed by atoms with van der Waals surface area (Å²) in [6.45, 7) is 5.57. The zero-order valence-corrected chi connectivity index (χ0v) is 9.77. The summed E-state index contributed by atoms with van der Waals surface area (Å²) >= 11 is 0. The molecule has 2 N–H and O–H groups in total. The van der Waals surface area contributed by atoms with E-state index in [0.29, 0.717) is 0 Å². The molecule has 0 radical (unpaired) electrons. The van der Waals surface area contributed by atoms with Crippen LogP contribution < -0.4 is 10.6 Å². The fourth-order valence-electron chi connectivity index (χ4n) is 1.33. The molecule has 0 spiro atoms. The summed E-state index contributed by atoms with van der Waals surface area (Å²) in [5.74, 6) is -1.28. The van der Waals surface area contributed by atoms with E-state index in [9.17, 15) is 9.59 Å². The van der Waals surface area contributed by atoms with Crippen molar-refractivity contribution in [1.29, 1.82) is 0 Å². The number of hydrogen-bond donors (Lipinski definition) is 2. The Morgan fingerprint density at radius 1 is 1.29 bits per heavy atom. The lowest BCUT2D eigenvalue weighted by Crippen LogP contribution is -2.40. The van der Waals surface area contributed by atoms with E-state index in [4.69, 9.17) is 0 Å². The number of amides is 2. The molecule has 0 saturated heterocycles. The number of carbonyl (C=O) groups is 2. The predicted molar refractivity (Wildman–Crippen MR) is 66.2 cm³/mol. The van der Waals surface area contributed by atoms with Gasteiger partial charge >= 0.3 is 11.8 Å². The molecule has 4 heteroatoms. The molecule has 1 rings (SSSR count). The Hall–Kier alpha value is -2.10. The van der Waals surface area contributed by atoms with Gasteiger partial charge in [-0.2, -0.15) is 0 Å². The number of carbonyl (C=O) groups excluding carboxylic acids is 2. The summed E-state index contributed by atoms with van der Waals surface area (Å²) in [5.41, 5.74) is 0.956. The SMILES string of the molecule is C=CCNC(=O)C(=O)N[C@H](C)c1ccccc1. The average molecular weight is 232 g/mol. The van der Waals surface area contributed by atoms with Gasteiger partial charge < -0.3 is 10.6 Å². The van der Waals surface area contributed by atoms with E-state index < -0.39 is 11.8 Å². The standard InChI is InChI=1S/C13H16N2O2/c1-3-9-14-12(16)13(17)15-10(2)11-7-5-4-6-8-11/h3-8,10H,1,9H2,2H3,(H,14,16)(H,15,17)/t10-/m1/s1. The third-order valence-electron chi connectivity index (χ3n) is 2.26.